The molecule has 0 amide bonds. The maximum Gasteiger partial charge on any atom is 0.306 e. The molecule has 0 saturated heterocycles. The molecule has 0 N–H and O–H groups in total. The molecule has 0 aromatic heterocycles. The van der Waals surface area contributed by atoms with E-state index >= 15 is 0 Å². The van der Waals surface area contributed by atoms with E-state index < -0.39 is 6.10 Å². The molecule has 0 aliphatic heterocycles. The van der Waals surface area contributed by atoms with Crippen LogP contribution in [0.3, 0.4) is 0 Å². The summed E-state index contributed by atoms with van der Waals surface area (Å²) in [5.41, 5.74) is 0. The quantitative estimate of drug-likeness (QED) is 0.0262. The van der Waals surface area contributed by atoms with Crippen LogP contribution in [-0.4, -0.2) is 37.2 Å². The zero-order valence-electron chi connectivity index (χ0n) is 44.2. The van der Waals surface area contributed by atoms with Gasteiger partial charge in [-0.05, 0) is 89.9 Å². The highest BCUT2D eigenvalue weighted by molar-refractivity contribution is 5.71. The summed E-state index contributed by atoms with van der Waals surface area (Å²) in [4.78, 5) is 38.0. The van der Waals surface area contributed by atoms with E-state index in [-0.39, 0.29) is 31.1 Å². The molecule has 1 atom stereocenters. The average molecular weight is 928 g/mol. The highest BCUT2D eigenvalue weighted by Crippen LogP contribution is 2.16. The topological polar surface area (TPSA) is 78.9 Å². The first-order chi connectivity index (χ1) is 32.5. The van der Waals surface area contributed by atoms with Crippen LogP contribution in [0.5, 0.6) is 0 Å². The first-order valence-corrected chi connectivity index (χ1v) is 29.0. The van der Waals surface area contributed by atoms with Crippen molar-refractivity contribution in [2.75, 3.05) is 13.2 Å². The SMILES string of the molecule is CCC/C=C\CCCCCCCC(=O)OCC(COC(=O)CCCCCCCCCCCCCCC/C=C\CCCCCCCCCC)OC(=O)CCCCCCC/C=C\CCCCCC. The molecular weight excluding hydrogens is 817 g/mol. The minimum absolute atomic E-state index is 0.0759. The number of carbonyl (C=O) groups excluding carboxylic acids is 3. The Balaban J connectivity index is 4.17. The van der Waals surface area contributed by atoms with Crippen molar-refractivity contribution in [3.05, 3.63) is 36.5 Å². The normalized spacial score (nSPS) is 12.2. The molecule has 0 aliphatic rings. The Hall–Kier alpha value is -2.37. The molecule has 0 fully saturated rings. The summed E-state index contributed by atoms with van der Waals surface area (Å²) >= 11 is 0. The predicted octanol–water partition coefficient (Wildman–Crippen LogP) is 19.3. The molecule has 0 spiro atoms. The van der Waals surface area contributed by atoms with Crippen molar-refractivity contribution < 1.29 is 28.6 Å². The van der Waals surface area contributed by atoms with Gasteiger partial charge >= 0.3 is 17.9 Å². The lowest BCUT2D eigenvalue weighted by Crippen LogP contribution is -2.30. The van der Waals surface area contributed by atoms with E-state index in [4.69, 9.17) is 14.2 Å². The van der Waals surface area contributed by atoms with Crippen molar-refractivity contribution in [1.82, 2.24) is 0 Å². The van der Waals surface area contributed by atoms with Crippen molar-refractivity contribution in [1.29, 1.82) is 0 Å². The van der Waals surface area contributed by atoms with Crippen LogP contribution < -0.4 is 0 Å². The third kappa shape index (κ3) is 52.6. The smallest absolute Gasteiger partial charge is 0.306 e. The van der Waals surface area contributed by atoms with Gasteiger partial charge < -0.3 is 14.2 Å². The van der Waals surface area contributed by atoms with E-state index in [1.165, 1.54) is 193 Å². The van der Waals surface area contributed by atoms with Crippen molar-refractivity contribution in [3.8, 4) is 0 Å². The zero-order valence-corrected chi connectivity index (χ0v) is 44.2. The van der Waals surface area contributed by atoms with Crippen LogP contribution in [0.2, 0.25) is 0 Å². The summed E-state index contributed by atoms with van der Waals surface area (Å²) in [6.07, 6.45) is 65.8. The van der Waals surface area contributed by atoms with Crippen LogP contribution in [0.25, 0.3) is 0 Å². The molecule has 0 aromatic rings. The van der Waals surface area contributed by atoms with Gasteiger partial charge in [-0.15, -0.1) is 0 Å². The summed E-state index contributed by atoms with van der Waals surface area (Å²) in [6, 6.07) is 0. The van der Waals surface area contributed by atoms with Gasteiger partial charge in [0, 0.05) is 19.3 Å². The van der Waals surface area contributed by atoms with Gasteiger partial charge in [0.25, 0.3) is 0 Å². The molecule has 0 aromatic carbocycles. The summed E-state index contributed by atoms with van der Waals surface area (Å²) in [7, 11) is 0. The minimum Gasteiger partial charge on any atom is -0.462 e. The Bertz CT molecular complexity index is 1110. The fourth-order valence-electron chi connectivity index (χ4n) is 8.44. The molecule has 0 heterocycles. The van der Waals surface area contributed by atoms with Crippen molar-refractivity contribution in [3.63, 3.8) is 0 Å². The van der Waals surface area contributed by atoms with E-state index in [9.17, 15) is 14.4 Å². The maximum atomic E-state index is 12.8. The number of hydrogen-bond acceptors (Lipinski definition) is 6. The zero-order chi connectivity index (χ0) is 47.9. The third-order valence-electron chi connectivity index (χ3n) is 12.8. The number of allylic oxidation sites excluding steroid dienone is 6. The van der Waals surface area contributed by atoms with Crippen LogP contribution in [0.1, 0.15) is 310 Å². The van der Waals surface area contributed by atoms with Gasteiger partial charge in [-0.2, -0.15) is 0 Å². The van der Waals surface area contributed by atoms with Gasteiger partial charge in [0.1, 0.15) is 13.2 Å². The molecule has 0 radical (unpaired) electrons. The van der Waals surface area contributed by atoms with Crippen LogP contribution in [-0.2, 0) is 28.6 Å². The second-order valence-electron chi connectivity index (χ2n) is 19.5. The maximum absolute atomic E-state index is 12.8. The number of unbranched alkanes of at least 4 members (excludes halogenated alkanes) is 36. The molecular formula is C60H110O6. The number of esters is 3. The molecule has 0 rings (SSSR count). The minimum atomic E-state index is -0.776. The molecule has 0 saturated carbocycles. The summed E-state index contributed by atoms with van der Waals surface area (Å²) in [5.74, 6) is -0.884. The van der Waals surface area contributed by atoms with Gasteiger partial charge in [-0.1, -0.05) is 237 Å². The standard InChI is InChI=1S/C60H110O6/c1-4-7-10-13-16-19-22-24-25-26-27-28-29-30-31-32-33-34-35-37-38-41-44-47-50-53-59(62)65-56-57(55-64-58(61)52-49-46-43-40-21-18-15-12-9-6-3)66-60(63)54-51-48-45-42-39-36-23-20-17-14-11-8-5-2/h12,15,20,23,26-27,57H,4-11,13-14,16-19,21-22,24-25,28-56H2,1-3H3/b15-12-,23-20-,27-26-. The molecule has 6 heteroatoms. The lowest BCUT2D eigenvalue weighted by molar-refractivity contribution is -0.167. The van der Waals surface area contributed by atoms with Gasteiger partial charge in [0.05, 0.1) is 0 Å². The lowest BCUT2D eigenvalue weighted by atomic mass is 10.0. The summed E-state index contributed by atoms with van der Waals surface area (Å²) in [6.45, 7) is 6.58. The second kappa shape index (κ2) is 55.2. The molecule has 0 aliphatic carbocycles. The van der Waals surface area contributed by atoms with Gasteiger partial charge in [-0.3, -0.25) is 14.4 Å². The molecule has 386 valence electrons. The van der Waals surface area contributed by atoms with E-state index in [0.717, 1.165) is 77.0 Å². The number of hydrogen-bond donors (Lipinski definition) is 0. The second-order valence-corrected chi connectivity index (χ2v) is 19.5. The van der Waals surface area contributed by atoms with Crippen LogP contribution in [0.15, 0.2) is 36.5 Å². The van der Waals surface area contributed by atoms with E-state index in [0.29, 0.717) is 19.3 Å². The van der Waals surface area contributed by atoms with Gasteiger partial charge in [-0.25, -0.2) is 0 Å². The van der Waals surface area contributed by atoms with Crippen LogP contribution >= 0.6 is 0 Å². The fraction of sp³-hybridized carbons (Fsp3) is 0.850. The molecule has 6 nitrogen and oxygen atoms in total. The highest BCUT2D eigenvalue weighted by Gasteiger charge is 2.19. The first-order valence-electron chi connectivity index (χ1n) is 29.0. The van der Waals surface area contributed by atoms with Crippen molar-refractivity contribution >= 4 is 17.9 Å². The van der Waals surface area contributed by atoms with E-state index in [2.05, 4.69) is 57.2 Å². The van der Waals surface area contributed by atoms with Gasteiger partial charge in [0.15, 0.2) is 6.10 Å². The Morgan fingerprint density at radius 3 is 0.833 bits per heavy atom. The number of rotatable bonds is 53. The fourth-order valence-corrected chi connectivity index (χ4v) is 8.44. The molecule has 0 bridgehead atoms. The Kier molecular flexibility index (Phi) is 53.2. The van der Waals surface area contributed by atoms with Crippen LogP contribution in [0, 0.1) is 0 Å². The number of ether oxygens (including phenoxy) is 3. The average Bonchev–Trinajstić information content (AvgIpc) is 3.31. The summed E-state index contributed by atoms with van der Waals surface area (Å²) < 4.78 is 16.8. The Morgan fingerprint density at radius 1 is 0.288 bits per heavy atom. The number of carbonyl (C=O) groups is 3. The third-order valence-corrected chi connectivity index (χ3v) is 12.8. The van der Waals surface area contributed by atoms with Crippen molar-refractivity contribution in [2.24, 2.45) is 0 Å². The van der Waals surface area contributed by atoms with Gasteiger partial charge in [0.2, 0.25) is 0 Å². The van der Waals surface area contributed by atoms with Crippen LogP contribution in [0.4, 0.5) is 0 Å². The van der Waals surface area contributed by atoms with Crippen molar-refractivity contribution in [2.45, 2.75) is 316 Å². The predicted molar refractivity (Wildman–Crippen MR) is 284 cm³/mol. The lowest BCUT2D eigenvalue weighted by Gasteiger charge is -2.18. The monoisotopic (exact) mass is 927 g/mol. The summed E-state index contributed by atoms with van der Waals surface area (Å²) in [5, 5.41) is 0. The molecule has 66 heavy (non-hydrogen) atoms. The largest absolute Gasteiger partial charge is 0.462 e. The van der Waals surface area contributed by atoms with E-state index in [1.54, 1.807) is 0 Å². The molecule has 1 unspecified atom stereocenters. The first kappa shape index (κ1) is 63.6. The Morgan fingerprint density at radius 2 is 0.530 bits per heavy atom. The highest BCUT2D eigenvalue weighted by atomic mass is 16.6. The Labute approximate surface area is 410 Å². The van der Waals surface area contributed by atoms with E-state index in [1.807, 2.05) is 0 Å².